The zero-order valence-corrected chi connectivity index (χ0v) is 16.2. The molecule has 0 saturated carbocycles. The molecule has 1 heterocycles. The highest BCUT2D eigenvalue weighted by Gasteiger charge is 2.26. The van der Waals surface area contributed by atoms with Crippen molar-refractivity contribution >= 4 is 27.7 Å². The molecule has 5 nitrogen and oxygen atoms in total. The van der Waals surface area contributed by atoms with Gasteiger partial charge >= 0.3 is 0 Å². The molecule has 2 aromatic carbocycles. The van der Waals surface area contributed by atoms with Gasteiger partial charge in [0.05, 0.1) is 12.2 Å². The van der Waals surface area contributed by atoms with E-state index in [9.17, 15) is 9.59 Å². The van der Waals surface area contributed by atoms with Crippen LogP contribution in [-0.2, 0) is 0 Å². The number of carbonyl (C=O) groups is 2. The minimum absolute atomic E-state index is 0.00867. The Morgan fingerprint density at radius 3 is 2.08 bits per heavy atom. The van der Waals surface area contributed by atoms with E-state index in [1.807, 2.05) is 43.3 Å². The monoisotopic (exact) mass is 416 g/mol. The molecule has 26 heavy (non-hydrogen) atoms. The molecule has 1 aliphatic heterocycles. The number of benzene rings is 2. The van der Waals surface area contributed by atoms with E-state index < -0.39 is 0 Å². The first-order valence-electron chi connectivity index (χ1n) is 8.66. The molecule has 0 atom stereocenters. The van der Waals surface area contributed by atoms with Gasteiger partial charge in [-0.3, -0.25) is 9.59 Å². The second kappa shape index (κ2) is 8.36. The molecule has 3 rings (SSSR count). The van der Waals surface area contributed by atoms with Crippen LogP contribution >= 0.6 is 15.9 Å². The minimum Gasteiger partial charge on any atom is -0.494 e. The second-order valence-electron chi connectivity index (χ2n) is 6.02. The zero-order chi connectivity index (χ0) is 18.5. The summed E-state index contributed by atoms with van der Waals surface area (Å²) in [6.07, 6.45) is 0. The highest BCUT2D eigenvalue weighted by atomic mass is 79.9. The van der Waals surface area contributed by atoms with E-state index in [1.54, 1.807) is 21.9 Å². The number of hydrogen-bond acceptors (Lipinski definition) is 3. The van der Waals surface area contributed by atoms with E-state index in [0.29, 0.717) is 43.9 Å². The SMILES string of the molecule is CCOc1ccc(C(=O)N2CCN(C(=O)c3ccccc3Br)CC2)cc1. The molecule has 1 fully saturated rings. The smallest absolute Gasteiger partial charge is 0.255 e. The van der Waals surface area contributed by atoms with Crippen LogP contribution in [0, 0.1) is 0 Å². The molecule has 0 aromatic heterocycles. The summed E-state index contributed by atoms with van der Waals surface area (Å²) >= 11 is 3.42. The maximum atomic E-state index is 12.6. The summed E-state index contributed by atoms with van der Waals surface area (Å²) in [6.45, 7) is 4.64. The predicted octanol–water partition coefficient (Wildman–Crippen LogP) is 3.45. The van der Waals surface area contributed by atoms with E-state index in [2.05, 4.69) is 15.9 Å². The molecule has 1 aliphatic rings. The van der Waals surface area contributed by atoms with Gasteiger partial charge in [0.2, 0.25) is 0 Å². The molecule has 0 aliphatic carbocycles. The van der Waals surface area contributed by atoms with Crippen molar-refractivity contribution in [2.75, 3.05) is 32.8 Å². The third-order valence-corrected chi connectivity index (χ3v) is 5.06. The Kier molecular flexibility index (Phi) is 5.93. The number of ether oxygens (including phenoxy) is 1. The second-order valence-corrected chi connectivity index (χ2v) is 6.88. The number of rotatable bonds is 4. The first-order chi connectivity index (χ1) is 12.6. The van der Waals surface area contributed by atoms with Crippen LogP contribution in [0.15, 0.2) is 53.0 Å². The van der Waals surface area contributed by atoms with Crippen molar-refractivity contribution in [1.29, 1.82) is 0 Å². The standard InChI is InChI=1S/C20H21BrN2O3/c1-2-26-16-9-7-15(8-10-16)19(24)22-11-13-23(14-12-22)20(25)17-5-3-4-6-18(17)21/h3-10H,2,11-14H2,1H3. The molecule has 0 N–H and O–H groups in total. The number of carbonyl (C=O) groups excluding carboxylic acids is 2. The van der Waals surface area contributed by atoms with E-state index in [0.717, 1.165) is 10.2 Å². The quantitative estimate of drug-likeness (QED) is 0.766. The van der Waals surface area contributed by atoms with Crippen LogP contribution < -0.4 is 4.74 Å². The van der Waals surface area contributed by atoms with Crippen LogP contribution in [0.1, 0.15) is 27.6 Å². The van der Waals surface area contributed by atoms with Gasteiger partial charge in [-0.1, -0.05) is 12.1 Å². The van der Waals surface area contributed by atoms with Gasteiger partial charge in [0.15, 0.2) is 0 Å². The molecule has 6 heteroatoms. The highest BCUT2D eigenvalue weighted by Crippen LogP contribution is 2.19. The van der Waals surface area contributed by atoms with Crippen LogP contribution in [0.25, 0.3) is 0 Å². The van der Waals surface area contributed by atoms with E-state index in [-0.39, 0.29) is 11.8 Å². The normalized spacial score (nSPS) is 14.2. The molecule has 0 unspecified atom stereocenters. The maximum absolute atomic E-state index is 12.6. The average molecular weight is 417 g/mol. The third kappa shape index (κ3) is 4.07. The number of hydrogen-bond donors (Lipinski definition) is 0. The Labute approximate surface area is 161 Å². The zero-order valence-electron chi connectivity index (χ0n) is 14.7. The van der Waals surface area contributed by atoms with Gasteiger partial charge in [0.1, 0.15) is 5.75 Å². The molecular formula is C20H21BrN2O3. The molecule has 0 bridgehead atoms. The van der Waals surface area contributed by atoms with Crippen LogP contribution in [0.3, 0.4) is 0 Å². The first kappa shape index (κ1) is 18.5. The lowest BCUT2D eigenvalue weighted by Gasteiger charge is -2.35. The van der Waals surface area contributed by atoms with Gasteiger partial charge in [-0.25, -0.2) is 0 Å². The van der Waals surface area contributed by atoms with Crippen molar-refractivity contribution in [3.8, 4) is 5.75 Å². The number of nitrogens with zero attached hydrogens (tertiary/aromatic N) is 2. The summed E-state index contributed by atoms with van der Waals surface area (Å²) in [5.74, 6) is 0.736. The van der Waals surface area contributed by atoms with Crippen LogP contribution in [0.5, 0.6) is 5.75 Å². The lowest BCUT2D eigenvalue weighted by Crippen LogP contribution is -2.50. The summed E-state index contributed by atoms with van der Waals surface area (Å²) < 4.78 is 6.19. The van der Waals surface area contributed by atoms with Gasteiger partial charge in [0.25, 0.3) is 11.8 Å². The van der Waals surface area contributed by atoms with Gasteiger partial charge < -0.3 is 14.5 Å². The topological polar surface area (TPSA) is 49.9 Å². The fraction of sp³-hybridized carbons (Fsp3) is 0.300. The fourth-order valence-electron chi connectivity index (χ4n) is 2.96. The largest absolute Gasteiger partial charge is 0.494 e. The lowest BCUT2D eigenvalue weighted by atomic mass is 10.1. The maximum Gasteiger partial charge on any atom is 0.255 e. The Morgan fingerprint density at radius 2 is 1.50 bits per heavy atom. The van der Waals surface area contributed by atoms with Crippen molar-refractivity contribution in [3.63, 3.8) is 0 Å². The molecule has 136 valence electrons. The molecule has 2 amide bonds. The third-order valence-electron chi connectivity index (χ3n) is 4.37. The van der Waals surface area contributed by atoms with E-state index in [4.69, 9.17) is 4.74 Å². The average Bonchev–Trinajstić information content (AvgIpc) is 2.68. The Balaban J connectivity index is 1.60. The predicted molar refractivity (Wildman–Crippen MR) is 104 cm³/mol. The van der Waals surface area contributed by atoms with Crippen molar-refractivity contribution in [3.05, 3.63) is 64.1 Å². The molecule has 1 saturated heterocycles. The van der Waals surface area contributed by atoms with E-state index in [1.165, 1.54) is 0 Å². The summed E-state index contributed by atoms with van der Waals surface area (Å²) in [7, 11) is 0. The molecule has 0 radical (unpaired) electrons. The molecular weight excluding hydrogens is 396 g/mol. The Hall–Kier alpha value is -2.34. The summed E-state index contributed by atoms with van der Waals surface area (Å²) in [4.78, 5) is 28.9. The van der Waals surface area contributed by atoms with Crippen molar-refractivity contribution in [2.45, 2.75) is 6.92 Å². The van der Waals surface area contributed by atoms with Crippen molar-refractivity contribution < 1.29 is 14.3 Å². The fourth-order valence-corrected chi connectivity index (χ4v) is 3.41. The van der Waals surface area contributed by atoms with Gasteiger partial charge in [-0.2, -0.15) is 0 Å². The number of amides is 2. The van der Waals surface area contributed by atoms with Crippen LogP contribution in [-0.4, -0.2) is 54.4 Å². The lowest BCUT2D eigenvalue weighted by molar-refractivity contribution is 0.0535. The highest BCUT2D eigenvalue weighted by molar-refractivity contribution is 9.10. The Morgan fingerprint density at radius 1 is 0.923 bits per heavy atom. The van der Waals surface area contributed by atoms with Crippen LogP contribution in [0.2, 0.25) is 0 Å². The minimum atomic E-state index is -0.0129. The summed E-state index contributed by atoms with van der Waals surface area (Å²) in [5, 5.41) is 0. The van der Waals surface area contributed by atoms with Crippen molar-refractivity contribution in [1.82, 2.24) is 9.80 Å². The van der Waals surface area contributed by atoms with Gasteiger partial charge in [-0.05, 0) is 59.3 Å². The molecule has 2 aromatic rings. The summed E-state index contributed by atoms with van der Waals surface area (Å²) in [5.41, 5.74) is 1.29. The van der Waals surface area contributed by atoms with Gasteiger partial charge in [-0.15, -0.1) is 0 Å². The first-order valence-corrected chi connectivity index (χ1v) is 9.45. The van der Waals surface area contributed by atoms with E-state index >= 15 is 0 Å². The van der Waals surface area contributed by atoms with Crippen molar-refractivity contribution in [2.24, 2.45) is 0 Å². The Bertz CT molecular complexity index is 784. The van der Waals surface area contributed by atoms with Gasteiger partial charge in [0, 0.05) is 36.2 Å². The summed E-state index contributed by atoms with van der Waals surface area (Å²) in [6, 6.07) is 14.6. The number of halogens is 1. The number of piperazine rings is 1. The van der Waals surface area contributed by atoms with Crippen LogP contribution in [0.4, 0.5) is 0 Å². The molecule has 0 spiro atoms.